The average Bonchev–Trinajstić information content (AvgIpc) is 1.74. The zero-order valence-corrected chi connectivity index (χ0v) is 48.8. The number of imidazole rings is 2. The number of hydrogen-bond acceptors (Lipinski definition) is 16. The second-order valence-corrected chi connectivity index (χ2v) is 26.0. The molecular formula is C60H76F6N14O6. The fourth-order valence-corrected chi connectivity index (χ4v) is 12.7. The molecule has 2 aliphatic carbocycles. The standard InChI is InChI=1S/2C30H38F3N7O3/c2*1-29(2,3)17-5-6-20-21(12-17)38-23(37-20)7-4-16-10-18(11-16)39(14-30(31,32)33)13-22-24(41)25(42)28(43-22)40-9-8-19-26(34)35-15-36-27(19)40/h2*5-6,8-9,12,15-16,18,22,24-25,28,41-42H,4,7,10-11,13-14H2,1-3H3,(H,37,38)(H2,34,35,36)/t2*16?,18?,22-,24-,25-,28-/m11/s1. The highest BCUT2D eigenvalue weighted by Gasteiger charge is 2.50. The molecule has 4 fully saturated rings. The molecule has 2 saturated carbocycles. The second-order valence-electron chi connectivity index (χ2n) is 26.0. The highest BCUT2D eigenvalue weighted by molar-refractivity contribution is 5.87. The predicted octanol–water partition coefficient (Wildman–Crippen LogP) is 8.16. The van der Waals surface area contributed by atoms with E-state index in [1.54, 1.807) is 24.5 Å². The summed E-state index contributed by atoms with van der Waals surface area (Å²) in [4.78, 5) is 35.2. The van der Waals surface area contributed by atoms with Crippen LogP contribution < -0.4 is 11.5 Å². The van der Waals surface area contributed by atoms with Gasteiger partial charge < -0.3 is 60.5 Å². The van der Waals surface area contributed by atoms with Gasteiger partial charge in [-0.05, 0) is 109 Å². The van der Waals surface area contributed by atoms with E-state index in [1.807, 2.05) is 12.1 Å². The molecule has 0 spiro atoms. The van der Waals surface area contributed by atoms with Crippen LogP contribution in [-0.2, 0) is 33.1 Å². The lowest BCUT2D eigenvalue weighted by Crippen LogP contribution is -2.52. The number of anilines is 2. The highest BCUT2D eigenvalue weighted by Crippen LogP contribution is 2.42. The molecule has 0 amide bonds. The van der Waals surface area contributed by atoms with E-state index in [0.29, 0.717) is 60.6 Å². The SMILES string of the molecule is CC(C)(C)c1ccc2nc(CCC3CC(N(C[C@H]4O[C@@H](n5ccc6c(N)ncnc65)[C@H](O)[C@@H]4O)CC(F)(F)F)C3)[nH]c2c1.CC(C)(C)c1ccc2nc(CCC3CC(N(C[C@H]4O[C@@H](n5ccc6c(N)ncnc65)[C@H](O)[C@@H]4O)CC(F)(F)F)C3)[nH]c2c1. The number of benzene rings is 2. The van der Waals surface area contributed by atoms with Gasteiger partial charge in [0.2, 0.25) is 0 Å². The van der Waals surface area contributed by atoms with Gasteiger partial charge in [-0.1, -0.05) is 53.7 Å². The summed E-state index contributed by atoms with van der Waals surface area (Å²) in [5.74, 6) is 2.79. The Bertz CT molecular complexity index is 3420. The molecule has 8 aromatic rings. The second kappa shape index (κ2) is 23.5. The van der Waals surface area contributed by atoms with Gasteiger partial charge in [-0.3, -0.25) is 9.80 Å². The summed E-state index contributed by atoms with van der Waals surface area (Å²) in [5.41, 5.74) is 18.9. The van der Waals surface area contributed by atoms with Crippen molar-refractivity contribution in [3.8, 4) is 0 Å². The smallest absolute Gasteiger partial charge is 0.387 e. The molecule has 2 saturated heterocycles. The Hall–Kier alpha value is -6.52. The number of H-pyrrole nitrogens is 2. The molecule has 464 valence electrons. The van der Waals surface area contributed by atoms with Crippen molar-refractivity contribution in [2.45, 2.75) is 177 Å². The summed E-state index contributed by atoms with van der Waals surface area (Å²) in [6.45, 7) is 10.4. The van der Waals surface area contributed by atoms with Gasteiger partial charge in [-0.15, -0.1) is 0 Å². The maximum atomic E-state index is 13.6. The zero-order chi connectivity index (χ0) is 61.4. The molecule has 2 aromatic carbocycles. The summed E-state index contributed by atoms with van der Waals surface area (Å²) < 4.78 is 96.7. The van der Waals surface area contributed by atoms with E-state index < -0.39 is 74.5 Å². The molecule has 26 heteroatoms. The van der Waals surface area contributed by atoms with E-state index in [1.165, 1.54) is 42.7 Å². The van der Waals surface area contributed by atoms with Crippen LogP contribution in [0.15, 0.2) is 73.6 Å². The topological polar surface area (TPSA) is 277 Å². The molecule has 12 rings (SSSR count). The Labute approximate surface area is 492 Å². The zero-order valence-electron chi connectivity index (χ0n) is 48.8. The van der Waals surface area contributed by atoms with Gasteiger partial charge in [0.25, 0.3) is 0 Å². The molecule has 0 bridgehead atoms. The van der Waals surface area contributed by atoms with Gasteiger partial charge in [-0.2, -0.15) is 26.3 Å². The van der Waals surface area contributed by atoms with Gasteiger partial charge in [-0.25, -0.2) is 29.9 Å². The number of aromatic nitrogens is 10. The third-order valence-corrected chi connectivity index (χ3v) is 17.7. The molecule has 8 atom stereocenters. The first-order chi connectivity index (χ1) is 40.5. The molecular weight excluding hydrogens is 1130 g/mol. The molecule has 86 heavy (non-hydrogen) atoms. The van der Waals surface area contributed by atoms with Crippen LogP contribution in [0, 0.1) is 11.8 Å². The normalized spacial score (nSPS) is 26.5. The van der Waals surface area contributed by atoms with E-state index in [0.717, 1.165) is 46.6 Å². The van der Waals surface area contributed by atoms with Crippen molar-refractivity contribution in [3.05, 3.63) is 96.4 Å². The molecule has 2 aliphatic heterocycles. The molecule has 0 unspecified atom stereocenters. The van der Waals surface area contributed by atoms with Crippen molar-refractivity contribution >= 4 is 55.8 Å². The first-order valence-electron chi connectivity index (χ1n) is 29.3. The van der Waals surface area contributed by atoms with Crippen LogP contribution in [0.2, 0.25) is 0 Å². The molecule has 6 aromatic heterocycles. The van der Waals surface area contributed by atoms with Crippen molar-refractivity contribution in [2.24, 2.45) is 11.8 Å². The number of aryl methyl sites for hydroxylation is 2. The number of aromatic amines is 2. The number of nitrogens with zero attached hydrogens (tertiary/aromatic N) is 10. The van der Waals surface area contributed by atoms with Gasteiger partial charge in [0.05, 0.1) is 45.9 Å². The number of fused-ring (bicyclic) bond motifs is 4. The summed E-state index contributed by atoms with van der Waals surface area (Å²) in [6.07, 6.45) is -7.15. The first-order valence-corrected chi connectivity index (χ1v) is 29.3. The average molecular weight is 1200 g/mol. The molecule has 8 heterocycles. The number of nitrogen functional groups attached to an aromatic ring is 2. The van der Waals surface area contributed by atoms with E-state index in [4.69, 9.17) is 30.9 Å². The Morgan fingerprint density at radius 1 is 0.558 bits per heavy atom. The number of alkyl halides is 6. The largest absolute Gasteiger partial charge is 0.401 e. The Balaban J connectivity index is 0.000000179. The number of nitrogens with one attached hydrogen (secondary N) is 2. The molecule has 0 radical (unpaired) electrons. The van der Waals surface area contributed by atoms with Crippen molar-refractivity contribution in [2.75, 3.05) is 37.6 Å². The molecule has 4 aliphatic rings. The van der Waals surface area contributed by atoms with Crippen molar-refractivity contribution in [1.29, 1.82) is 0 Å². The number of rotatable bonds is 16. The van der Waals surface area contributed by atoms with Crippen LogP contribution in [0.4, 0.5) is 38.0 Å². The van der Waals surface area contributed by atoms with Crippen molar-refractivity contribution in [3.63, 3.8) is 0 Å². The van der Waals surface area contributed by atoms with Crippen LogP contribution in [0.1, 0.15) is 115 Å². The number of nitrogens with two attached hydrogens (primary N) is 2. The number of halogens is 6. The van der Waals surface area contributed by atoms with Crippen molar-refractivity contribution < 1.29 is 56.2 Å². The summed E-state index contributed by atoms with van der Waals surface area (Å²) >= 11 is 0. The monoisotopic (exact) mass is 1200 g/mol. The van der Waals surface area contributed by atoms with Gasteiger partial charge in [0.15, 0.2) is 12.5 Å². The Kier molecular flexibility index (Phi) is 16.7. The number of ether oxygens (including phenoxy) is 2. The molecule has 20 nitrogen and oxygen atoms in total. The number of aliphatic hydroxyl groups is 4. The van der Waals surface area contributed by atoms with E-state index in [-0.39, 0.29) is 59.5 Å². The molecule has 10 N–H and O–H groups in total. The predicted molar refractivity (Wildman–Crippen MR) is 310 cm³/mol. The lowest BCUT2D eigenvalue weighted by Gasteiger charge is -2.44. The fourth-order valence-electron chi connectivity index (χ4n) is 12.7. The first kappa shape index (κ1) is 61.1. The highest BCUT2D eigenvalue weighted by atomic mass is 19.4. The maximum Gasteiger partial charge on any atom is 0.401 e. The van der Waals surface area contributed by atoms with Crippen molar-refractivity contribution in [1.82, 2.24) is 58.8 Å². The Morgan fingerprint density at radius 2 is 0.942 bits per heavy atom. The van der Waals surface area contributed by atoms with Gasteiger partial charge in [0.1, 0.15) is 83.9 Å². The third kappa shape index (κ3) is 13.2. The van der Waals surface area contributed by atoms with Crippen LogP contribution in [0.25, 0.3) is 44.1 Å². The van der Waals surface area contributed by atoms with E-state index >= 15 is 0 Å². The third-order valence-electron chi connectivity index (χ3n) is 17.7. The summed E-state index contributed by atoms with van der Waals surface area (Å²) in [6, 6.07) is 15.2. The van der Waals surface area contributed by atoms with Crippen LogP contribution in [0.3, 0.4) is 0 Å². The van der Waals surface area contributed by atoms with Crippen LogP contribution in [0.5, 0.6) is 0 Å². The van der Waals surface area contributed by atoms with Gasteiger partial charge >= 0.3 is 12.4 Å². The van der Waals surface area contributed by atoms with E-state index in [9.17, 15) is 46.8 Å². The number of aliphatic hydroxyl groups excluding tert-OH is 4. The minimum Gasteiger partial charge on any atom is -0.387 e. The fraction of sp³-hybridized carbons (Fsp3) is 0.567. The maximum absolute atomic E-state index is 13.6. The summed E-state index contributed by atoms with van der Waals surface area (Å²) in [5, 5.41) is 44.3. The number of hydrogen-bond donors (Lipinski definition) is 8. The van der Waals surface area contributed by atoms with Crippen LogP contribution in [-0.4, -0.2) is 166 Å². The van der Waals surface area contributed by atoms with Gasteiger partial charge in [0, 0.05) is 50.4 Å². The minimum atomic E-state index is -4.42. The lowest BCUT2D eigenvalue weighted by atomic mass is 9.76. The van der Waals surface area contributed by atoms with Crippen LogP contribution >= 0.6 is 0 Å². The Morgan fingerprint density at radius 3 is 1.30 bits per heavy atom. The quantitative estimate of drug-likeness (QED) is 0.0424. The summed E-state index contributed by atoms with van der Waals surface area (Å²) in [7, 11) is 0. The lowest BCUT2D eigenvalue weighted by molar-refractivity contribution is -0.164. The minimum absolute atomic E-state index is 0.0292. The van der Waals surface area contributed by atoms with E-state index in [2.05, 4.69) is 95.7 Å².